The fourth-order valence-electron chi connectivity index (χ4n) is 2.46. The molecule has 0 saturated carbocycles. The molecule has 1 aliphatic rings. The SMILES string of the molecule is CCC1Oc2c(C)cc(C)cc2C1NC. The highest BCUT2D eigenvalue weighted by molar-refractivity contribution is 5.48. The smallest absolute Gasteiger partial charge is 0.127 e. The van der Waals surface area contributed by atoms with Crippen LogP contribution in [0.3, 0.4) is 0 Å². The molecule has 2 rings (SSSR count). The van der Waals surface area contributed by atoms with E-state index in [9.17, 15) is 0 Å². The summed E-state index contributed by atoms with van der Waals surface area (Å²) >= 11 is 0. The van der Waals surface area contributed by atoms with Gasteiger partial charge in [0.25, 0.3) is 0 Å². The van der Waals surface area contributed by atoms with Gasteiger partial charge >= 0.3 is 0 Å². The molecule has 0 fully saturated rings. The predicted octanol–water partition coefficient (Wildman–Crippen LogP) is 2.73. The molecule has 2 nitrogen and oxygen atoms in total. The summed E-state index contributed by atoms with van der Waals surface area (Å²) in [6.45, 7) is 6.43. The zero-order chi connectivity index (χ0) is 11.0. The van der Waals surface area contributed by atoms with Gasteiger partial charge in [-0.3, -0.25) is 0 Å². The third-order valence-electron chi connectivity index (χ3n) is 3.14. The molecule has 0 aliphatic carbocycles. The molecule has 2 atom stereocenters. The lowest BCUT2D eigenvalue weighted by Crippen LogP contribution is -2.27. The minimum absolute atomic E-state index is 0.283. The van der Waals surface area contributed by atoms with Crippen LogP contribution in [0, 0.1) is 13.8 Å². The first-order valence-electron chi connectivity index (χ1n) is 5.62. The van der Waals surface area contributed by atoms with Gasteiger partial charge in [-0.15, -0.1) is 0 Å². The molecule has 1 heterocycles. The Morgan fingerprint density at radius 2 is 2.07 bits per heavy atom. The zero-order valence-corrected chi connectivity index (χ0v) is 9.92. The molecule has 1 N–H and O–H groups in total. The largest absolute Gasteiger partial charge is 0.488 e. The first-order chi connectivity index (χ1) is 7.17. The van der Waals surface area contributed by atoms with Crippen molar-refractivity contribution in [2.45, 2.75) is 39.3 Å². The van der Waals surface area contributed by atoms with Crippen LogP contribution >= 0.6 is 0 Å². The fourth-order valence-corrected chi connectivity index (χ4v) is 2.46. The average Bonchev–Trinajstić information content (AvgIpc) is 2.55. The van der Waals surface area contributed by atoms with E-state index in [0.29, 0.717) is 6.04 Å². The van der Waals surface area contributed by atoms with Crippen molar-refractivity contribution in [2.75, 3.05) is 7.05 Å². The van der Waals surface area contributed by atoms with Crippen LogP contribution in [0.1, 0.15) is 36.1 Å². The summed E-state index contributed by atoms with van der Waals surface area (Å²) in [5, 5.41) is 3.35. The minimum Gasteiger partial charge on any atom is -0.488 e. The normalized spacial score (nSPS) is 23.7. The van der Waals surface area contributed by atoms with Gasteiger partial charge in [0.05, 0.1) is 6.04 Å². The van der Waals surface area contributed by atoms with Gasteiger partial charge < -0.3 is 10.1 Å². The van der Waals surface area contributed by atoms with E-state index in [1.165, 1.54) is 16.7 Å². The molecule has 1 aromatic rings. The minimum atomic E-state index is 0.283. The van der Waals surface area contributed by atoms with Crippen LogP contribution in [0.25, 0.3) is 0 Å². The quantitative estimate of drug-likeness (QED) is 0.801. The van der Waals surface area contributed by atoms with E-state index in [0.717, 1.165) is 12.2 Å². The van der Waals surface area contributed by atoms with Gasteiger partial charge in [0, 0.05) is 5.56 Å². The molecule has 82 valence electrons. The Bertz CT molecular complexity index is 373. The first-order valence-corrected chi connectivity index (χ1v) is 5.62. The lowest BCUT2D eigenvalue weighted by molar-refractivity contribution is 0.188. The summed E-state index contributed by atoms with van der Waals surface area (Å²) in [4.78, 5) is 0. The van der Waals surface area contributed by atoms with Crippen LogP contribution in [0.2, 0.25) is 0 Å². The van der Waals surface area contributed by atoms with Crippen molar-refractivity contribution in [1.29, 1.82) is 0 Å². The maximum absolute atomic E-state index is 5.98. The third kappa shape index (κ3) is 1.63. The summed E-state index contributed by atoms with van der Waals surface area (Å²) in [5.74, 6) is 1.09. The van der Waals surface area contributed by atoms with Gasteiger partial charge in [-0.2, -0.15) is 0 Å². The molecule has 0 amide bonds. The second-order valence-electron chi connectivity index (χ2n) is 4.33. The molecule has 0 bridgehead atoms. The molecular weight excluding hydrogens is 186 g/mol. The number of ether oxygens (including phenoxy) is 1. The summed E-state index contributed by atoms with van der Waals surface area (Å²) in [6.07, 6.45) is 1.32. The Labute approximate surface area is 91.6 Å². The van der Waals surface area contributed by atoms with Crippen molar-refractivity contribution in [3.8, 4) is 5.75 Å². The first kappa shape index (κ1) is 10.5. The van der Waals surface area contributed by atoms with E-state index in [4.69, 9.17) is 4.74 Å². The van der Waals surface area contributed by atoms with Crippen LogP contribution in [0.15, 0.2) is 12.1 Å². The van der Waals surface area contributed by atoms with Crippen molar-refractivity contribution in [1.82, 2.24) is 5.32 Å². The summed E-state index contributed by atoms with van der Waals surface area (Å²) in [5.41, 5.74) is 3.88. The molecule has 0 radical (unpaired) electrons. The van der Waals surface area contributed by atoms with E-state index < -0.39 is 0 Å². The van der Waals surface area contributed by atoms with Gasteiger partial charge in [-0.05, 0) is 32.9 Å². The van der Waals surface area contributed by atoms with E-state index in [-0.39, 0.29) is 6.10 Å². The number of aryl methyl sites for hydroxylation is 2. The van der Waals surface area contributed by atoms with E-state index in [1.54, 1.807) is 0 Å². The molecule has 0 aromatic heterocycles. The lowest BCUT2D eigenvalue weighted by Gasteiger charge is -2.16. The topological polar surface area (TPSA) is 21.3 Å². The van der Waals surface area contributed by atoms with Crippen LogP contribution in [-0.2, 0) is 0 Å². The van der Waals surface area contributed by atoms with Crippen molar-refractivity contribution < 1.29 is 4.74 Å². The molecule has 2 heteroatoms. The van der Waals surface area contributed by atoms with Crippen molar-refractivity contribution >= 4 is 0 Å². The number of nitrogens with one attached hydrogen (secondary N) is 1. The number of fused-ring (bicyclic) bond motifs is 1. The van der Waals surface area contributed by atoms with Crippen molar-refractivity contribution in [3.63, 3.8) is 0 Å². The van der Waals surface area contributed by atoms with Crippen LogP contribution in [0.5, 0.6) is 5.75 Å². The Balaban J connectivity index is 2.47. The number of benzene rings is 1. The second-order valence-corrected chi connectivity index (χ2v) is 4.33. The Morgan fingerprint density at radius 1 is 1.33 bits per heavy atom. The summed E-state index contributed by atoms with van der Waals surface area (Å²) in [6, 6.07) is 4.77. The summed E-state index contributed by atoms with van der Waals surface area (Å²) < 4.78 is 5.98. The van der Waals surface area contributed by atoms with E-state index >= 15 is 0 Å². The lowest BCUT2D eigenvalue weighted by atomic mass is 9.98. The van der Waals surface area contributed by atoms with Crippen LogP contribution in [0.4, 0.5) is 0 Å². The molecule has 2 unspecified atom stereocenters. The second kappa shape index (κ2) is 3.86. The predicted molar refractivity (Wildman–Crippen MR) is 62.4 cm³/mol. The average molecular weight is 205 g/mol. The maximum atomic E-state index is 5.98. The molecular formula is C13H19NO. The molecule has 1 aromatic carbocycles. The van der Waals surface area contributed by atoms with Crippen LogP contribution < -0.4 is 10.1 Å². The molecule has 0 spiro atoms. The van der Waals surface area contributed by atoms with Gasteiger partial charge in [0.15, 0.2) is 0 Å². The fraction of sp³-hybridized carbons (Fsp3) is 0.538. The number of hydrogen-bond donors (Lipinski definition) is 1. The Kier molecular flexibility index (Phi) is 2.70. The highest BCUT2D eigenvalue weighted by Gasteiger charge is 2.32. The molecule has 1 aliphatic heterocycles. The van der Waals surface area contributed by atoms with Gasteiger partial charge in [0.2, 0.25) is 0 Å². The van der Waals surface area contributed by atoms with Crippen molar-refractivity contribution in [2.24, 2.45) is 0 Å². The van der Waals surface area contributed by atoms with Crippen LogP contribution in [-0.4, -0.2) is 13.2 Å². The maximum Gasteiger partial charge on any atom is 0.127 e. The third-order valence-corrected chi connectivity index (χ3v) is 3.14. The number of rotatable bonds is 2. The number of likely N-dealkylation sites (N-methyl/N-ethyl adjacent to an activating group) is 1. The zero-order valence-electron chi connectivity index (χ0n) is 9.92. The molecule has 15 heavy (non-hydrogen) atoms. The highest BCUT2D eigenvalue weighted by atomic mass is 16.5. The highest BCUT2D eigenvalue weighted by Crippen LogP contribution is 2.40. The Hall–Kier alpha value is -1.02. The van der Waals surface area contributed by atoms with E-state index in [1.807, 2.05) is 7.05 Å². The van der Waals surface area contributed by atoms with Gasteiger partial charge in [0.1, 0.15) is 11.9 Å². The van der Waals surface area contributed by atoms with Gasteiger partial charge in [-0.1, -0.05) is 24.6 Å². The Morgan fingerprint density at radius 3 is 2.67 bits per heavy atom. The van der Waals surface area contributed by atoms with Crippen molar-refractivity contribution in [3.05, 3.63) is 28.8 Å². The summed E-state index contributed by atoms with van der Waals surface area (Å²) in [7, 11) is 2.00. The van der Waals surface area contributed by atoms with E-state index in [2.05, 4.69) is 38.2 Å². The van der Waals surface area contributed by atoms with Gasteiger partial charge in [-0.25, -0.2) is 0 Å². The molecule has 0 saturated heterocycles. The monoisotopic (exact) mass is 205 g/mol. The standard InChI is InChI=1S/C13H19NO/c1-5-11-12(14-4)10-7-8(2)6-9(3)13(10)15-11/h6-7,11-12,14H,5H2,1-4H3. The number of hydrogen-bond acceptors (Lipinski definition) is 2.